The number of nitrogens with zero attached hydrogens (tertiary/aromatic N) is 1. The Hall–Kier alpha value is -1.83. The van der Waals surface area contributed by atoms with Crippen LogP contribution in [0.15, 0.2) is 59.8 Å². The van der Waals surface area contributed by atoms with Crippen LogP contribution in [0.3, 0.4) is 0 Å². The van der Waals surface area contributed by atoms with Gasteiger partial charge in [0.05, 0.1) is 0 Å². The second-order valence-electron chi connectivity index (χ2n) is 5.30. The SMILES string of the molecule is C/C(=C\CF)CC/C=C(\C)Cn1ccc2ccccc21. The van der Waals surface area contributed by atoms with E-state index in [1.165, 1.54) is 16.5 Å². The molecule has 0 bridgehead atoms. The molecule has 0 saturated carbocycles. The highest BCUT2D eigenvalue weighted by molar-refractivity contribution is 5.79. The van der Waals surface area contributed by atoms with E-state index in [0.29, 0.717) is 0 Å². The lowest BCUT2D eigenvalue weighted by Gasteiger charge is -2.06. The summed E-state index contributed by atoms with van der Waals surface area (Å²) in [6.07, 6.45) is 7.96. The number of rotatable bonds is 6. The zero-order chi connectivity index (χ0) is 14.4. The fraction of sp³-hybridized carbons (Fsp3) is 0.333. The number of allylic oxidation sites excluding steroid dienone is 4. The van der Waals surface area contributed by atoms with Gasteiger partial charge in [0, 0.05) is 18.3 Å². The summed E-state index contributed by atoms with van der Waals surface area (Å²) < 4.78 is 14.4. The summed E-state index contributed by atoms with van der Waals surface area (Å²) in [5.74, 6) is 0. The van der Waals surface area contributed by atoms with Crippen LogP contribution < -0.4 is 0 Å². The molecule has 2 aromatic rings. The molecule has 2 rings (SSSR count). The van der Waals surface area contributed by atoms with Gasteiger partial charge in [0.25, 0.3) is 0 Å². The van der Waals surface area contributed by atoms with Crippen molar-refractivity contribution in [1.82, 2.24) is 4.57 Å². The fourth-order valence-corrected chi connectivity index (χ4v) is 2.39. The predicted octanol–water partition coefficient (Wildman–Crippen LogP) is 5.28. The number of para-hydroxylation sites is 1. The monoisotopic (exact) mass is 271 g/mol. The molecule has 1 aromatic carbocycles. The molecule has 1 nitrogen and oxygen atoms in total. The van der Waals surface area contributed by atoms with Crippen molar-refractivity contribution in [3.05, 3.63) is 59.8 Å². The van der Waals surface area contributed by atoms with Gasteiger partial charge in [-0.15, -0.1) is 0 Å². The molecule has 0 amide bonds. The minimum Gasteiger partial charge on any atom is -0.343 e. The molecule has 1 heterocycles. The summed E-state index contributed by atoms with van der Waals surface area (Å²) in [5, 5.41) is 1.28. The highest BCUT2D eigenvalue weighted by atomic mass is 19.1. The quantitative estimate of drug-likeness (QED) is 0.630. The molecule has 0 radical (unpaired) electrons. The summed E-state index contributed by atoms with van der Waals surface area (Å²) in [5.41, 5.74) is 3.75. The van der Waals surface area contributed by atoms with Crippen LogP contribution in [-0.4, -0.2) is 11.2 Å². The number of aromatic nitrogens is 1. The van der Waals surface area contributed by atoms with Crippen molar-refractivity contribution >= 4 is 10.9 Å². The predicted molar refractivity (Wildman–Crippen MR) is 84.7 cm³/mol. The van der Waals surface area contributed by atoms with E-state index in [1.54, 1.807) is 6.08 Å². The van der Waals surface area contributed by atoms with E-state index in [2.05, 4.69) is 54.1 Å². The van der Waals surface area contributed by atoms with Gasteiger partial charge in [0.15, 0.2) is 0 Å². The van der Waals surface area contributed by atoms with Crippen molar-refractivity contribution in [2.24, 2.45) is 0 Å². The van der Waals surface area contributed by atoms with Crippen molar-refractivity contribution in [2.45, 2.75) is 33.2 Å². The average molecular weight is 271 g/mol. The van der Waals surface area contributed by atoms with Gasteiger partial charge in [-0.25, -0.2) is 4.39 Å². The van der Waals surface area contributed by atoms with Gasteiger partial charge < -0.3 is 4.57 Å². The Bertz CT molecular complexity index is 619. The molecule has 0 unspecified atom stereocenters. The van der Waals surface area contributed by atoms with E-state index in [-0.39, 0.29) is 6.67 Å². The van der Waals surface area contributed by atoms with Gasteiger partial charge >= 0.3 is 0 Å². The highest BCUT2D eigenvalue weighted by Gasteiger charge is 2.00. The van der Waals surface area contributed by atoms with Crippen LogP contribution in [0.1, 0.15) is 26.7 Å². The number of fused-ring (bicyclic) bond motifs is 1. The van der Waals surface area contributed by atoms with E-state index < -0.39 is 0 Å². The summed E-state index contributed by atoms with van der Waals surface area (Å²) in [4.78, 5) is 0. The van der Waals surface area contributed by atoms with Crippen LogP contribution in [0.5, 0.6) is 0 Å². The summed E-state index contributed by atoms with van der Waals surface area (Å²) in [6.45, 7) is 4.70. The Labute approximate surface area is 120 Å². The fourth-order valence-electron chi connectivity index (χ4n) is 2.39. The molecule has 0 aliphatic rings. The maximum absolute atomic E-state index is 12.1. The zero-order valence-electron chi connectivity index (χ0n) is 12.3. The molecule has 2 heteroatoms. The van der Waals surface area contributed by atoms with Gasteiger partial charge in [0.2, 0.25) is 0 Å². The largest absolute Gasteiger partial charge is 0.343 e. The molecule has 1 aromatic heterocycles. The third kappa shape index (κ3) is 3.83. The first-order valence-corrected chi connectivity index (χ1v) is 7.12. The van der Waals surface area contributed by atoms with E-state index in [4.69, 9.17) is 0 Å². The van der Waals surface area contributed by atoms with Crippen molar-refractivity contribution in [2.75, 3.05) is 6.67 Å². The molecule has 20 heavy (non-hydrogen) atoms. The van der Waals surface area contributed by atoms with Gasteiger partial charge in [-0.1, -0.05) is 41.5 Å². The van der Waals surface area contributed by atoms with Crippen LogP contribution in [0.25, 0.3) is 10.9 Å². The molecule has 0 aliphatic heterocycles. The van der Waals surface area contributed by atoms with Gasteiger partial charge in [-0.05, 0) is 44.2 Å². The molecule has 0 fully saturated rings. The summed E-state index contributed by atoms with van der Waals surface area (Å²) in [7, 11) is 0. The molecule has 0 N–H and O–H groups in total. The third-order valence-electron chi connectivity index (χ3n) is 3.56. The van der Waals surface area contributed by atoms with Gasteiger partial charge in [0.1, 0.15) is 6.67 Å². The first kappa shape index (κ1) is 14.6. The lowest BCUT2D eigenvalue weighted by molar-refractivity contribution is 0.558. The maximum atomic E-state index is 12.1. The third-order valence-corrected chi connectivity index (χ3v) is 3.56. The topological polar surface area (TPSA) is 4.93 Å². The average Bonchev–Trinajstić information content (AvgIpc) is 2.83. The number of benzene rings is 1. The summed E-state index contributed by atoms with van der Waals surface area (Å²) >= 11 is 0. The maximum Gasteiger partial charge on any atom is 0.108 e. The molecule has 0 atom stereocenters. The van der Waals surface area contributed by atoms with Crippen LogP contribution in [0, 0.1) is 0 Å². The van der Waals surface area contributed by atoms with Gasteiger partial charge in [-0.3, -0.25) is 0 Å². The molecule has 0 aliphatic carbocycles. The number of halogens is 1. The molecular formula is C18H22FN. The van der Waals surface area contributed by atoms with E-state index in [0.717, 1.165) is 25.0 Å². The minimum atomic E-state index is -0.357. The smallest absolute Gasteiger partial charge is 0.108 e. The van der Waals surface area contributed by atoms with Crippen molar-refractivity contribution in [3.63, 3.8) is 0 Å². The number of hydrogen-bond acceptors (Lipinski definition) is 0. The normalized spacial score (nSPS) is 13.2. The first-order chi connectivity index (χ1) is 9.70. The first-order valence-electron chi connectivity index (χ1n) is 7.12. The van der Waals surface area contributed by atoms with Crippen molar-refractivity contribution in [3.8, 4) is 0 Å². The minimum absolute atomic E-state index is 0.357. The van der Waals surface area contributed by atoms with Crippen molar-refractivity contribution in [1.29, 1.82) is 0 Å². The Morgan fingerprint density at radius 1 is 1.10 bits per heavy atom. The second-order valence-corrected chi connectivity index (χ2v) is 5.30. The van der Waals surface area contributed by atoms with E-state index in [1.807, 2.05) is 6.92 Å². The Morgan fingerprint density at radius 3 is 2.70 bits per heavy atom. The second kappa shape index (κ2) is 7.09. The standard InChI is InChI=1S/C18H22FN/c1-15(10-12-19)6-5-7-16(2)14-20-13-11-17-8-3-4-9-18(17)20/h3-4,7-11,13H,5-6,12,14H2,1-2H3/b15-10+,16-7+. The lowest BCUT2D eigenvalue weighted by Crippen LogP contribution is -1.97. The molecule has 0 saturated heterocycles. The molecule has 0 spiro atoms. The van der Waals surface area contributed by atoms with Crippen LogP contribution >= 0.6 is 0 Å². The summed E-state index contributed by atoms with van der Waals surface area (Å²) in [6, 6.07) is 10.6. The Morgan fingerprint density at radius 2 is 1.90 bits per heavy atom. The number of hydrogen-bond donors (Lipinski definition) is 0. The lowest BCUT2D eigenvalue weighted by atomic mass is 10.1. The zero-order valence-corrected chi connectivity index (χ0v) is 12.3. The van der Waals surface area contributed by atoms with E-state index in [9.17, 15) is 4.39 Å². The van der Waals surface area contributed by atoms with Crippen LogP contribution in [0.4, 0.5) is 4.39 Å². The van der Waals surface area contributed by atoms with Crippen LogP contribution in [0.2, 0.25) is 0 Å². The molecular weight excluding hydrogens is 249 g/mol. The molecule has 106 valence electrons. The van der Waals surface area contributed by atoms with Crippen LogP contribution in [-0.2, 0) is 6.54 Å². The Balaban J connectivity index is 1.97. The highest BCUT2D eigenvalue weighted by Crippen LogP contribution is 2.17. The van der Waals surface area contributed by atoms with Gasteiger partial charge in [-0.2, -0.15) is 0 Å². The van der Waals surface area contributed by atoms with E-state index >= 15 is 0 Å². The Kier molecular flexibility index (Phi) is 5.16. The van der Waals surface area contributed by atoms with Crippen molar-refractivity contribution < 1.29 is 4.39 Å². The number of alkyl halides is 1.